The van der Waals surface area contributed by atoms with Gasteiger partial charge in [0.05, 0.1) is 0 Å². The first kappa shape index (κ1) is 17.3. The minimum atomic E-state index is -0.166. The van der Waals surface area contributed by atoms with E-state index in [2.05, 4.69) is 31.5 Å². The number of carbonyl (C=O) groups is 1. The predicted octanol–water partition coefficient (Wildman–Crippen LogP) is 2.95. The molecule has 2 aromatic rings. The van der Waals surface area contributed by atoms with E-state index in [0.29, 0.717) is 13.1 Å². The highest BCUT2D eigenvalue weighted by atomic mass is 79.9. The molecule has 5 nitrogen and oxygen atoms in total. The number of anilines is 1. The summed E-state index contributed by atoms with van der Waals surface area (Å²) in [5.74, 6) is 0.874. The van der Waals surface area contributed by atoms with Gasteiger partial charge in [-0.15, -0.1) is 0 Å². The van der Waals surface area contributed by atoms with Crippen LogP contribution in [0.2, 0.25) is 0 Å². The summed E-state index contributed by atoms with van der Waals surface area (Å²) >= 11 is 3.50. The SMILES string of the molecule is CN(C)c1cc(CNC(=O)NCCc2ccccc2Br)ccn1. The van der Waals surface area contributed by atoms with Crippen LogP contribution in [0.5, 0.6) is 0 Å². The first-order chi connectivity index (χ1) is 11.1. The lowest BCUT2D eigenvalue weighted by Gasteiger charge is -2.13. The largest absolute Gasteiger partial charge is 0.363 e. The summed E-state index contributed by atoms with van der Waals surface area (Å²) in [6, 6.07) is 11.7. The number of carbonyl (C=O) groups excluding carboxylic acids is 1. The van der Waals surface area contributed by atoms with Crippen LogP contribution in [-0.2, 0) is 13.0 Å². The summed E-state index contributed by atoms with van der Waals surface area (Å²) in [4.78, 5) is 18.0. The zero-order valence-corrected chi connectivity index (χ0v) is 14.9. The molecule has 6 heteroatoms. The number of urea groups is 1. The summed E-state index contributed by atoms with van der Waals surface area (Å²) in [5, 5.41) is 5.73. The average Bonchev–Trinajstić information content (AvgIpc) is 2.55. The zero-order chi connectivity index (χ0) is 16.7. The Morgan fingerprint density at radius 1 is 1.22 bits per heavy atom. The van der Waals surface area contributed by atoms with Crippen LogP contribution >= 0.6 is 15.9 Å². The van der Waals surface area contributed by atoms with E-state index in [-0.39, 0.29) is 6.03 Å². The third-order valence-electron chi connectivity index (χ3n) is 3.36. The molecule has 0 fully saturated rings. The van der Waals surface area contributed by atoms with Crippen LogP contribution in [0.15, 0.2) is 47.1 Å². The molecule has 0 radical (unpaired) electrons. The van der Waals surface area contributed by atoms with Gasteiger partial charge in [0.25, 0.3) is 0 Å². The monoisotopic (exact) mass is 376 g/mol. The second-order valence-electron chi connectivity index (χ2n) is 5.37. The Labute approximate surface area is 145 Å². The van der Waals surface area contributed by atoms with Crippen molar-refractivity contribution < 1.29 is 4.79 Å². The third kappa shape index (κ3) is 5.56. The number of hydrogen-bond acceptors (Lipinski definition) is 3. The van der Waals surface area contributed by atoms with Gasteiger partial charge in [-0.3, -0.25) is 0 Å². The summed E-state index contributed by atoms with van der Waals surface area (Å²) in [5.41, 5.74) is 2.20. The number of hydrogen-bond donors (Lipinski definition) is 2. The first-order valence-electron chi connectivity index (χ1n) is 7.43. The second kappa shape index (κ2) is 8.53. The lowest BCUT2D eigenvalue weighted by atomic mass is 10.1. The van der Waals surface area contributed by atoms with Gasteiger partial charge in [0.2, 0.25) is 0 Å². The van der Waals surface area contributed by atoms with E-state index >= 15 is 0 Å². The Morgan fingerprint density at radius 2 is 2.00 bits per heavy atom. The molecule has 2 N–H and O–H groups in total. The fraction of sp³-hybridized carbons (Fsp3) is 0.294. The highest BCUT2D eigenvalue weighted by Gasteiger charge is 2.03. The van der Waals surface area contributed by atoms with Gasteiger partial charge < -0.3 is 15.5 Å². The van der Waals surface area contributed by atoms with E-state index in [9.17, 15) is 4.79 Å². The van der Waals surface area contributed by atoms with Crippen molar-refractivity contribution in [1.82, 2.24) is 15.6 Å². The molecule has 1 aromatic heterocycles. The Balaban J connectivity index is 1.75. The van der Waals surface area contributed by atoms with Crippen molar-refractivity contribution in [3.05, 3.63) is 58.2 Å². The maximum Gasteiger partial charge on any atom is 0.315 e. The van der Waals surface area contributed by atoms with Gasteiger partial charge in [0, 0.05) is 37.9 Å². The Bertz CT molecular complexity index is 661. The summed E-state index contributed by atoms with van der Waals surface area (Å²) in [6.07, 6.45) is 2.53. The number of rotatable bonds is 6. The summed E-state index contributed by atoms with van der Waals surface area (Å²) in [6.45, 7) is 1.07. The molecule has 0 spiro atoms. The lowest BCUT2D eigenvalue weighted by molar-refractivity contribution is 0.240. The fourth-order valence-corrected chi connectivity index (χ4v) is 2.55. The van der Waals surface area contributed by atoms with E-state index < -0.39 is 0 Å². The van der Waals surface area contributed by atoms with Crippen LogP contribution < -0.4 is 15.5 Å². The van der Waals surface area contributed by atoms with Crippen molar-refractivity contribution in [2.24, 2.45) is 0 Å². The lowest BCUT2D eigenvalue weighted by Crippen LogP contribution is -2.36. The van der Waals surface area contributed by atoms with Gasteiger partial charge >= 0.3 is 6.03 Å². The average molecular weight is 377 g/mol. The molecule has 23 heavy (non-hydrogen) atoms. The number of pyridine rings is 1. The molecular weight excluding hydrogens is 356 g/mol. The highest BCUT2D eigenvalue weighted by molar-refractivity contribution is 9.10. The van der Waals surface area contributed by atoms with Crippen LogP contribution in [0.3, 0.4) is 0 Å². The summed E-state index contributed by atoms with van der Waals surface area (Å²) in [7, 11) is 3.88. The van der Waals surface area contributed by atoms with E-state index in [0.717, 1.165) is 22.3 Å². The molecule has 0 unspecified atom stereocenters. The van der Waals surface area contributed by atoms with Crippen molar-refractivity contribution in [3.63, 3.8) is 0 Å². The quantitative estimate of drug-likeness (QED) is 0.814. The molecule has 0 saturated heterocycles. The number of benzene rings is 1. The van der Waals surface area contributed by atoms with Gasteiger partial charge in [-0.25, -0.2) is 9.78 Å². The normalized spacial score (nSPS) is 10.2. The van der Waals surface area contributed by atoms with Gasteiger partial charge in [-0.1, -0.05) is 34.1 Å². The van der Waals surface area contributed by atoms with Crippen LogP contribution in [0.4, 0.5) is 10.6 Å². The Kier molecular flexibility index (Phi) is 6.40. The summed E-state index contributed by atoms with van der Waals surface area (Å²) < 4.78 is 1.07. The molecule has 0 aliphatic carbocycles. The van der Waals surface area contributed by atoms with Crippen molar-refractivity contribution in [3.8, 4) is 0 Å². The van der Waals surface area contributed by atoms with Crippen LogP contribution in [0, 0.1) is 0 Å². The third-order valence-corrected chi connectivity index (χ3v) is 4.13. The molecular formula is C17H21BrN4O. The number of aromatic nitrogens is 1. The maximum atomic E-state index is 11.9. The number of halogens is 1. The van der Waals surface area contributed by atoms with E-state index in [1.54, 1.807) is 6.20 Å². The van der Waals surface area contributed by atoms with Gasteiger partial charge in [0.15, 0.2) is 0 Å². The van der Waals surface area contributed by atoms with Crippen molar-refractivity contribution in [1.29, 1.82) is 0 Å². The van der Waals surface area contributed by atoms with Gasteiger partial charge in [-0.2, -0.15) is 0 Å². The molecule has 0 aliphatic rings. The minimum Gasteiger partial charge on any atom is -0.363 e. The molecule has 0 aliphatic heterocycles. The molecule has 2 rings (SSSR count). The smallest absolute Gasteiger partial charge is 0.315 e. The van der Waals surface area contributed by atoms with Crippen LogP contribution in [0.1, 0.15) is 11.1 Å². The Hall–Kier alpha value is -2.08. The van der Waals surface area contributed by atoms with E-state index in [4.69, 9.17) is 0 Å². The molecule has 1 aromatic carbocycles. The first-order valence-corrected chi connectivity index (χ1v) is 8.23. The van der Waals surface area contributed by atoms with Crippen molar-refractivity contribution in [2.45, 2.75) is 13.0 Å². The standard InChI is InChI=1S/C17H21BrN4O/c1-22(2)16-11-13(7-9-19-16)12-21-17(23)20-10-8-14-5-3-4-6-15(14)18/h3-7,9,11H,8,10,12H2,1-2H3,(H2,20,21,23). The molecule has 2 amide bonds. The molecule has 1 heterocycles. The molecule has 0 atom stereocenters. The number of nitrogens with one attached hydrogen (secondary N) is 2. The van der Waals surface area contributed by atoms with Crippen LogP contribution in [0.25, 0.3) is 0 Å². The van der Waals surface area contributed by atoms with Gasteiger partial charge in [0.1, 0.15) is 5.82 Å². The zero-order valence-electron chi connectivity index (χ0n) is 13.3. The topological polar surface area (TPSA) is 57.3 Å². The molecule has 0 saturated carbocycles. The molecule has 0 bridgehead atoms. The van der Waals surface area contributed by atoms with E-state index in [1.165, 1.54) is 5.56 Å². The maximum absolute atomic E-state index is 11.9. The van der Waals surface area contributed by atoms with E-state index in [1.807, 2.05) is 55.4 Å². The fourth-order valence-electron chi connectivity index (χ4n) is 2.07. The van der Waals surface area contributed by atoms with Gasteiger partial charge in [-0.05, 0) is 35.7 Å². The van der Waals surface area contributed by atoms with Crippen molar-refractivity contribution in [2.75, 3.05) is 25.5 Å². The second-order valence-corrected chi connectivity index (χ2v) is 6.22. The predicted molar refractivity (Wildman–Crippen MR) is 96.6 cm³/mol. The molecule has 122 valence electrons. The highest BCUT2D eigenvalue weighted by Crippen LogP contribution is 2.15. The van der Waals surface area contributed by atoms with Crippen molar-refractivity contribution >= 4 is 27.8 Å². The Morgan fingerprint density at radius 3 is 2.74 bits per heavy atom. The number of amides is 2. The van der Waals surface area contributed by atoms with Crippen LogP contribution in [-0.4, -0.2) is 31.7 Å². The number of nitrogens with zero attached hydrogens (tertiary/aromatic N) is 2. The minimum absolute atomic E-state index is 0.166.